The van der Waals surface area contributed by atoms with Crippen LogP contribution in [0.3, 0.4) is 0 Å². The minimum Gasteiger partial charge on any atom is -0.489 e. The number of hydrogen-bond donors (Lipinski definition) is 0. The summed E-state index contributed by atoms with van der Waals surface area (Å²) < 4.78 is 13.3. The molecule has 130 valence electrons. The van der Waals surface area contributed by atoms with Crippen molar-refractivity contribution in [3.8, 4) is 11.5 Å². The molecule has 6 nitrogen and oxygen atoms in total. The van der Waals surface area contributed by atoms with Crippen LogP contribution in [-0.2, 0) is 19.8 Å². The van der Waals surface area contributed by atoms with Gasteiger partial charge in [0.15, 0.2) is 5.82 Å². The molecule has 6 heteroatoms. The van der Waals surface area contributed by atoms with Crippen LogP contribution >= 0.6 is 0 Å². The summed E-state index contributed by atoms with van der Waals surface area (Å²) in [5.41, 5.74) is 1.14. The highest BCUT2D eigenvalue weighted by Crippen LogP contribution is 2.19. The Balaban J connectivity index is 1.50. The number of hydrogen-bond acceptors (Lipinski definition) is 5. The zero-order valence-electron chi connectivity index (χ0n) is 14.3. The van der Waals surface area contributed by atoms with Crippen molar-refractivity contribution in [1.82, 2.24) is 20.2 Å². The molecule has 0 radical (unpaired) electrons. The highest BCUT2D eigenvalue weighted by molar-refractivity contribution is 5.31. The molecule has 0 aliphatic carbocycles. The lowest BCUT2D eigenvalue weighted by Crippen LogP contribution is -2.09. The summed E-state index contributed by atoms with van der Waals surface area (Å²) in [6, 6.07) is 17.7. The van der Waals surface area contributed by atoms with E-state index < -0.39 is 0 Å². The summed E-state index contributed by atoms with van der Waals surface area (Å²) in [5, 5.41) is 11.7. The van der Waals surface area contributed by atoms with Crippen LogP contribution in [-0.4, -0.2) is 20.2 Å². The highest BCUT2D eigenvalue weighted by atomic mass is 16.5. The molecule has 2 aromatic carbocycles. The molecule has 0 bridgehead atoms. The fourth-order valence-corrected chi connectivity index (χ4v) is 2.33. The monoisotopic (exact) mass is 338 g/mol. The van der Waals surface area contributed by atoms with E-state index in [0.717, 1.165) is 42.3 Å². The Hall–Kier alpha value is -2.89. The lowest BCUT2D eigenvalue weighted by atomic mass is 10.2. The standard InChI is InChI=1S/C19H22N4O2/c1-2-3-13-23-19(20-21-22-23)15-25-18-11-9-17(10-12-18)24-14-16-7-5-4-6-8-16/h4-12H,2-3,13-15H2,1H3. The van der Waals surface area contributed by atoms with Gasteiger partial charge in [0.2, 0.25) is 0 Å². The van der Waals surface area contributed by atoms with E-state index in [0.29, 0.717) is 13.2 Å². The molecule has 3 aromatic rings. The van der Waals surface area contributed by atoms with E-state index in [1.165, 1.54) is 0 Å². The van der Waals surface area contributed by atoms with Crippen molar-refractivity contribution >= 4 is 0 Å². The molecule has 0 saturated carbocycles. The minimum atomic E-state index is 0.348. The smallest absolute Gasteiger partial charge is 0.189 e. The van der Waals surface area contributed by atoms with Gasteiger partial charge in [0.1, 0.15) is 24.7 Å². The molecule has 0 spiro atoms. The molecular formula is C19H22N4O2. The maximum Gasteiger partial charge on any atom is 0.189 e. The number of aryl methyl sites for hydroxylation is 1. The Morgan fingerprint density at radius 1 is 0.880 bits per heavy atom. The number of unbranched alkanes of at least 4 members (excludes halogenated alkanes) is 1. The number of ether oxygens (including phenoxy) is 2. The van der Waals surface area contributed by atoms with E-state index in [-0.39, 0.29) is 0 Å². The van der Waals surface area contributed by atoms with Crippen LogP contribution in [0, 0.1) is 0 Å². The first-order chi connectivity index (χ1) is 12.3. The Labute approximate surface area is 147 Å². The largest absolute Gasteiger partial charge is 0.489 e. The second-order valence-electron chi connectivity index (χ2n) is 5.71. The first-order valence-corrected chi connectivity index (χ1v) is 8.50. The van der Waals surface area contributed by atoms with E-state index in [1.54, 1.807) is 4.68 Å². The van der Waals surface area contributed by atoms with Crippen LogP contribution in [0.2, 0.25) is 0 Å². The Kier molecular flexibility index (Phi) is 5.98. The fourth-order valence-electron chi connectivity index (χ4n) is 2.33. The average molecular weight is 338 g/mol. The van der Waals surface area contributed by atoms with Crippen molar-refractivity contribution < 1.29 is 9.47 Å². The van der Waals surface area contributed by atoms with Gasteiger partial charge in [-0.3, -0.25) is 0 Å². The highest BCUT2D eigenvalue weighted by Gasteiger charge is 2.06. The third kappa shape index (κ3) is 5.04. The summed E-state index contributed by atoms with van der Waals surface area (Å²) >= 11 is 0. The number of aromatic nitrogens is 4. The third-order valence-corrected chi connectivity index (χ3v) is 3.77. The normalized spacial score (nSPS) is 10.6. The van der Waals surface area contributed by atoms with Gasteiger partial charge in [0.25, 0.3) is 0 Å². The third-order valence-electron chi connectivity index (χ3n) is 3.77. The zero-order valence-corrected chi connectivity index (χ0v) is 14.3. The van der Waals surface area contributed by atoms with E-state index in [2.05, 4.69) is 22.4 Å². The quantitative estimate of drug-likeness (QED) is 0.596. The molecule has 0 unspecified atom stereocenters. The molecule has 3 rings (SSSR count). The number of tetrazole rings is 1. The van der Waals surface area contributed by atoms with Crippen molar-refractivity contribution in [2.24, 2.45) is 0 Å². The molecule has 0 atom stereocenters. The van der Waals surface area contributed by atoms with Gasteiger partial charge in [-0.2, -0.15) is 0 Å². The first kappa shape index (κ1) is 17.0. The van der Waals surface area contributed by atoms with Crippen molar-refractivity contribution in [2.45, 2.75) is 39.5 Å². The number of benzene rings is 2. The van der Waals surface area contributed by atoms with E-state index in [1.807, 2.05) is 54.6 Å². The maximum atomic E-state index is 5.77. The van der Waals surface area contributed by atoms with Gasteiger partial charge < -0.3 is 9.47 Å². The Bertz CT molecular complexity index is 757. The Morgan fingerprint density at radius 2 is 1.56 bits per heavy atom. The van der Waals surface area contributed by atoms with Crippen molar-refractivity contribution in [3.63, 3.8) is 0 Å². The summed E-state index contributed by atoms with van der Waals surface area (Å²) in [7, 11) is 0. The second kappa shape index (κ2) is 8.82. The molecule has 1 aromatic heterocycles. The van der Waals surface area contributed by atoms with Gasteiger partial charge in [-0.05, 0) is 46.7 Å². The molecule has 0 saturated heterocycles. The van der Waals surface area contributed by atoms with Crippen LogP contribution < -0.4 is 9.47 Å². The van der Waals surface area contributed by atoms with Crippen LogP contribution in [0.4, 0.5) is 0 Å². The summed E-state index contributed by atoms with van der Waals surface area (Å²) in [4.78, 5) is 0. The van der Waals surface area contributed by atoms with Crippen LogP contribution in [0.1, 0.15) is 31.2 Å². The van der Waals surface area contributed by atoms with E-state index in [9.17, 15) is 0 Å². The summed E-state index contributed by atoms with van der Waals surface area (Å²) in [5.74, 6) is 2.30. The number of rotatable bonds is 9. The van der Waals surface area contributed by atoms with Gasteiger partial charge in [0.05, 0.1) is 0 Å². The first-order valence-electron chi connectivity index (χ1n) is 8.50. The van der Waals surface area contributed by atoms with Gasteiger partial charge in [0, 0.05) is 6.54 Å². The van der Waals surface area contributed by atoms with Crippen LogP contribution in [0.15, 0.2) is 54.6 Å². The predicted octanol–water partition coefficient (Wildman–Crippen LogP) is 3.63. The Morgan fingerprint density at radius 3 is 2.24 bits per heavy atom. The number of nitrogens with zero attached hydrogens (tertiary/aromatic N) is 4. The van der Waals surface area contributed by atoms with Crippen molar-refractivity contribution in [3.05, 3.63) is 66.0 Å². The lowest BCUT2D eigenvalue weighted by molar-refractivity contribution is 0.282. The molecule has 25 heavy (non-hydrogen) atoms. The average Bonchev–Trinajstić information content (AvgIpc) is 3.12. The molecule has 0 N–H and O–H groups in total. The molecule has 0 amide bonds. The molecule has 0 aliphatic heterocycles. The van der Waals surface area contributed by atoms with E-state index >= 15 is 0 Å². The van der Waals surface area contributed by atoms with E-state index in [4.69, 9.17) is 9.47 Å². The van der Waals surface area contributed by atoms with Crippen LogP contribution in [0.5, 0.6) is 11.5 Å². The molecule has 0 aliphatic rings. The summed E-state index contributed by atoms with van der Waals surface area (Å²) in [6.45, 7) is 3.85. The lowest BCUT2D eigenvalue weighted by Gasteiger charge is -2.09. The van der Waals surface area contributed by atoms with Crippen molar-refractivity contribution in [2.75, 3.05) is 0 Å². The second-order valence-corrected chi connectivity index (χ2v) is 5.71. The molecule has 0 fully saturated rings. The van der Waals surface area contributed by atoms with Gasteiger partial charge in [-0.25, -0.2) is 4.68 Å². The molecular weight excluding hydrogens is 316 g/mol. The topological polar surface area (TPSA) is 62.1 Å². The minimum absolute atomic E-state index is 0.348. The predicted molar refractivity (Wildman–Crippen MR) is 94.3 cm³/mol. The maximum absolute atomic E-state index is 5.77. The van der Waals surface area contributed by atoms with Gasteiger partial charge in [-0.1, -0.05) is 43.7 Å². The molecule has 1 heterocycles. The van der Waals surface area contributed by atoms with Gasteiger partial charge >= 0.3 is 0 Å². The van der Waals surface area contributed by atoms with Gasteiger partial charge in [-0.15, -0.1) is 5.10 Å². The fraction of sp³-hybridized carbons (Fsp3) is 0.316. The zero-order chi connectivity index (χ0) is 17.3. The van der Waals surface area contributed by atoms with Crippen molar-refractivity contribution in [1.29, 1.82) is 0 Å². The SMILES string of the molecule is CCCCn1nnnc1COc1ccc(OCc2ccccc2)cc1. The summed E-state index contributed by atoms with van der Waals surface area (Å²) in [6.07, 6.45) is 2.15. The van der Waals surface area contributed by atoms with Crippen LogP contribution in [0.25, 0.3) is 0 Å².